The van der Waals surface area contributed by atoms with Crippen LogP contribution in [-0.4, -0.2) is 60.0 Å². The highest BCUT2D eigenvalue weighted by Crippen LogP contribution is 2.24. The van der Waals surface area contributed by atoms with E-state index in [-0.39, 0.29) is 5.91 Å². The number of rotatable bonds is 4. The Hall–Kier alpha value is -2.24. The summed E-state index contributed by atoms with van der Waals surface area (Å²) in [5.41, 5.74) is 3.41. The fourth-order valence-corrected chi connectivity index (χ4v) is 4.10. The second-order valence-corrected chi connectivity index (χ2v) is 7.59. The molecule has 1 aromatic carbocycles. The molecule has 0 spiro atoms. The molecular formula is C22H28N4O. The Labute approximate surface area is 161 Å². The first-order valence-corrected chi connectivity index (χ1v) is 10.0. The lowest BCUT2D eigenvalue weighted by atomic mass is 9.90. The molecule has 2 aromatic rings. The highest BCUT2D eigenvalue weighted by Gasteiger charge is 2.23. The van der Waals surface area contributed by atoms with Crippen molar-refractivity contribution in [3.63, 3.8) is 0 Å². The van der Waals surface area contributed by atoms with E-state index in [0.717, 1.165) is 51.4 Å². The molecule has 1 unspecified atom stereocenters. The fourth-order valence-electron chi connectivity index (χ4n) is 4.10. The van der Waals surface area contributed by atoms with E-state index < -0.39 is 0 Å². The summed E-state index contributed by atoms with van der Waals surface area (Å²) in [5.74, 6) is 0.702. The number of amides is 1. The van der Waals surface area contributed by atoms with Crippen molar-refractivity contribution in [2.45, 2.75) is 25.3 Å². The molecule has 4 rings (SSSR count). The van der Waals surface area contributed by atoms with E-state index in [0.29, 0.717) is 5.92 Å². The number of nitrogens with zero attached hydrogens (tertiary/aromatic N) is 3. The SMILES string of the molecule is O=C(c1cccc(C2CCCNC2)c1)N1CCN(Cc2ccncc2)CC1. The minimum Gasteiger partial charge on any atom is -0.336 e. The minimum absolute atomic E-state index is 0.171. The molecule has 0 aliphatic carbocycles. The van der Waals surface area contributed by atoms with Gasteiger partial charge in [-0.1, -0.05) is 12.1 Å². The molecule has 2 aliphatic rings. The Balaban J connectivity index is 1.35. The van der Waals surface area contributed by atoms with Crippen LogP contribution >= 0.6 is 0 Å². The monoisotopic (exact) mass is 364 g/mol. The molecule has 0 saturated carbocycles. The number of hydrogen-bond acceptors (Lipinski definition) is 4. The lowest BCUT2D eigenvalue weighted by Crippen LogP contribution is -2.48. The van der Waals surface area contributed by atoms with Crippen LogP contribution in [0.3, 0.4) is 0 Å². The van der Waals surface area contributed by atoms with Gasteiger partial charge in [-0.3, -0.25) is 14.7 Å². The molecule has 3 heterocycles. The third kappa shape index (κ3) is 4.54. The van der Waals surface area contributed by atoms with Crippen molar-refractivity contribution in [3.8, 4) is 0 Å². The van der Waals surface area contributed by atoms with E-state index in [2.05, 4.69) is 39.5 Å². The molecule has 1 atom stereocenters. The van der Waals surface area contributed by atoms with Gasteiger partial charge in [0.05, 0.1) is 0 Å². The minimum atomic E-state index is 0.171. The zero-order valence-corrected chi connectivity index (χ0v) is 15.8. The quantitative estimate of drug-likeness (QED) is 0.906. The molecule has 1 amide bonds. The Bertz CT molecular complexity index is 750. The molecule has 142 valence electrons. The second kappa shape index (κ2) is 8.63. The van der Waals surface area contributed by atoms with E-state index in [1.807, 2.05) is 29.4 Å². The van der Waals surface area contributed by atoms with E-state index in [4.69, 9.17) is 0 Å². The van der Waals surface area contributed by atoms with Crippen LogP contribution < -0.4 is 5.32 Å². The summed E-state index contributed by atoms with van der Waals surface area (Å²) in [4.78, 5) is 21.5. The van der Waals surface area contributed by atoms with E-state index in [1.54, 1.807) is 0 Å². The Morgan fingerprint density at radius 1 is 1.11 bits per heavy atom. The van der Waals surface area contributed by atoms with Crippen LogP contribution in [0, 0.1) is 0 Å². The predicted octanol–water partition coefficient (Wildman–Crippen LogP) is 2.51. The first kappa shape index (κ1) is 18.1. The lowest BCUT2D eigenvalue weighted by Gasteiger charge is -2.35. The third-order valence-corrected chi connectivity index (χ3v) is 5.72. The summed E-state index contributed by atoms with van der Waals surface area (Å²) in [6.07, 6.45) is 6.09. The Morgan fingerprint density at radius 2 is 1.93 bits per heavy atom. The highest BCUT2D eigenvalue weighted by atomic mass is 16.2. The number of benzene rings is 1. The van der Waals surface area contributed by atoms with Gasteiger partial charge in [-0.05, 0) is 60.7 Å². The van der Waals surface area contributed by atoms with Gasteiger partial charge in [0.1, 0.15) is 0 Å². The molecule has 1 N–H and O–H groups in total. The fraction of sp³-hybridized carbons (Fsp3) is 0.455. The molecule has 1 aromatic heterocycles. The van der Waals surface area contributed by atoms with Crippen LogP contribution in [0.2, 0.25) is 0 Å². The van der Waals surface area contributed by atoms with Crippen molar-refractivity contribution in [1.29, 1.82) is 0 Å². The summed E-state index contributed by atoms with van der Waals surface area (Å²) in [6.45, 7) is 6.47. The zero-order valence-electron chi connectivity index (χ0n) is 15.8. The van der Waals surface area contributed by atoms with Gasteiger partial charge >= 0.3 is 0 Å². The molecule has 0 radical (unpaired) electrons. The van der Waals surface area contributed by atoms with Crippen LogP contribution in [-0.2, 0) is 6.54 Å². The van der Waals surface area contributed by atoms with E-state index >= 15 is 0 Å². The van der Waals surface area contributed by atoms with Crippen LogP contribution in [0.25, 0.3) is 0 Å². The van der Waals surface area contributed by atoms with Crippen molar-refractivity contribution < 1.29 is 4.79 Å². The maximum atomic E-state index is 13.0. The van der Waals surface area contributed by atoms with Crippen molar-refractivity contribution in [1.82, 2.24) is 20.1 Å². The molecule has 2 aliphatic heterocycles. The van der Waals surface area contributed by atoms with Crippen molar-refractivity contribution in [3.05, 3.63) is 65.5 Å². The number of nitrogens with one attached hydrogen (secondary N) is 1. The second-order valence-electron chi connectivity index (χ2n) is 7.59. The zero-order chi connectivity index (χ0) is 18.5. The maximum absolute atomic E-state index is 13.0. The molecular weight excluding hydrogens is 336 g/mol. The summed E-state index contributed by atoms with van der Waals surface area (Å²) in [6, 6.07) is 12.4. The maximum Gasteiger partial charge on any atom is 0.253 e. The molecule has 5 heteroatoms. The van der Waals surface area contributed by atoms with Crippen LogP contribution in [0.4, 0.5) is 0 Å². The Morgan fingerprint density at radius 3 is 2.67 bits per heavy atom. The normalized spacial score (nSPS) is 21.2. The first-order valence-electron chi connectivity index (χ1n) is 10.0. The van der Waals surface area contributed by atoms with Gasteiger partial charge in [0.2, 0.25) is 0 Å². The summed E-state index contributed by atoms with van der Waals surface area (Å²) >= 11 is 0. The summed E-state index contributed by atoms with van der Waals surface area (Å²) in [7, 11) is 0. The molecule has 27 heavy (non-hydrogen) atoms. The van der Waals surface area contributed by atoms with Crippen LogP contribution in [0.1, 0.15) is 40.2 Å². The number of carbonyl (C=O) groups is 1. The third-order valence-electron chi connectivity index (χ3n) is 5.72. The van der Waals surface area contributed by atoms with Gasteiger partial charge in [0.15, 0.2) is 0 Å². The van der Waals surface area contributed by atoms with Crippen molar-refractivity contribution >= 4 is 5.91 Å². The number of pyridine rings is 1. The number of hydrogen-bond donors (Lipinski definition) is 1. The smallest absolute Gasteiger partial charge is 0.253 e. The highest BCUT2D eigenvalue weighted by molar-refractivity contribution is 5.94. The summed E-state index contributed by atoms with van der Waals surface area (Å²) < 4.78 is 0. The number of aromatic nitrogens is 1. The number of piperidine rings is 1. The van der Waals surface area contributed by atoms with E-state index in [9.17, 15) is 4.79 Å². The number of carbonyl (C=O) groups excluding carboxylic acids is 1. The van der Waals surface area contributed by atoms with Gasteiger partial charge in [0, 0.05) is 57.2 Å². The number of piperazine rings is 1. The van der Waals surface area contributed by atoms with Gasteiger partial charge in [-0.15, -0.1) is 0 Å². The van der Waals surface area contributed by atoms with E-state index in [1.165, 1.54) is 24.0 Å². The van der Waals surface area contributed by atoms with Gasteiger partial charge in [-0.2, -0.15) is 0 Å². The van der Waals surface area contributed by atoms with Gasteiger partial charge in [0.25, 0.3) is 5.91 Å². The van der Waals surface area contributed by atoms with Crippen LogP contribution in [0.5, 0.6) is 0 Å². The molecule has 2 saturated heterocycles. The Kier molecular flexibility index (Phi) is 5.80. The largest absolute Gasteiger partial charge is 0.336 e. The summed E-state index contributed by atoms with van der Waals surface area (Å²) in [5, 5.41) is 3.47. The van der Waals surface area contributed by atoms with Gasteiger partial charge < -0.3 is 10.2 Å². The van der Waals surface area contributed by atoms with Crippen molar-refractivity contribution in [2.24, 2.45) is 0 Å². The molecule has 0 bridgehead atoms. The standard InChI is InChI=1S/C22H28N4O/c27-22(20-4-1-3-19(15-20)21-5-2-8-24-16-21)26-13-11-25(12-14-26)17-18-6-9-23-10-7-18/h1,3-4,6-7,9-10,15,21,24H,2,5,8,11-14,16-17H2. The predicted molar refractivity (Wildman–Crippen MR) is 107 cm³/mol. The molecule has 5 nitrogen and oxygen atoms in total. The average molecular weight is 364 g/mol. The lowest BCUT2D eigenvalue weighted by molar-refractivity contribution is 0.0628. The topological polar surface area (TPSA) is 48.5 Å². The first-order chi connectivity index (χ1) is 13.3. The average Bonchev–Trinajstić information content (AvgIpc) is 2.75. The molecule has 2 fully saturated rings. The van der Waals surface area contributed by atoms with Crippen molar-refractivity contribution in [2.75, 3.05) is 39.3 Å². The van der Waals surface area contributed by atoms with Gasteiger partial charge in [-0.25, -0.2) is 0 Å². The van der Waals surface area contributed by atoms with Crippen LogP contribution in [0.15, 0.2) is 48.8 Å².